The van der Waals surface area contributed by atoms with E-state index in [0.717, 1.165) is 28.2 Å². The number of aromatic carboxylic acids is 1. The molecule has 1 aromatic carbocycles. The fourth-order valence-electron chi connectivity index (χ4n) is 2.10. The van der Waals surface area contributed by atoms with E-state index in [-0.39, 0.29) is 22.1 Å². The normalized spacial score (nSPS) is 11.6. The summed E-state index contributed by atoms with van der Waals surface area (Å²) in [5.74, 6) is -1.33. The Balaban J connectivity index is 2.27. The molecule has 0 amide bonds. The number of hydrogen-bond donors (Lipinski definition) is 1. The third-order valence-electron chi connectivity index (χ3n) is 3.04. The van der Waals surface area contributed by atoms with Gasteiger partial charge in [0.1, 0.15) is 0 Å². The maximum absolute atomic E-state index is 13.2. The van der Waals surface area contributed by atoms with Gasteiger partial charge in [-0.05, 0) is 12.1 Å². The molecule has 0 aliphatic rings. The van der Waals surface area contributed by atoms with Crippen molar-refractivity contribution in [3.63, 3.8) is 0 Å². The number of nitrogens with zero attached hydrogens (tertiary/aromatic N) is 3. The molecule has 0 spiro atoms. The number of rotatable bonds is 3. The summed E-state index contributed by atoms with van der Waals surface area (Å²) in [7, 11) is 0. The smallest absolute Gasteiger partial charge is 0.417 e. The summed E-state index contributed by atoms with van der Waals surface area (Å²) in [6.45, 7) is 0. The maximum atomic E-state index is 13.2. The first-order chi connectivity index (χ1) is 10.9. The highest BCUT2D eigenvalue weighted by atomic mass is 32.1. The van der Waals surface area contributed by atoms with Crippen LogP contribution in [0, 0.1) is 0 Å². The van der Waals surface area contributed by atoms with Crippen LogP contribution in [0.3, 0.4) is 0 Å². The maximum Gasteiger partial charge on any atom is 0.417 e. The number of carboxylic acids is 1. The highest BCUT2D eigenvalue weighted by Crippen LogP contribution is 2.37. The van der Waals surface area contributed by atoms with Crippen LogP contribution in [0.15, 0.2) is 41.9 Å². The lowest BCUT2D eigenvalue weighted by Gasteiger charge is -2.13. The predicted octanol–water partition coefficient (Wildman–Crippen LogP) is 3.71. The first-order valence-corrected chi connectivity index (χ1v) is 7.15. The SMILES string of the molecule is O=C(O)c1cc(-c2ccccc2C(F)(F)F)n(-c2nccs2)n1. The average molecular weight is 339 g/mol. The lowest BCUT2D eigenvalue weighted by Crippen LogP contribution is -2.08. The van der Waals surface area contributed by atoms with Gasteiger partial charge in [-0.15, -0.1) is 11.3 Å². The van der Waals surface area contributed by atoms with Gasteiger partial charge in [0.2, 0.25) is 5.13 Å². The van der Waals surface area contributed by atoms with E-state index in [1.807, 2.05) is 0 Å². The lowest BCUT2D eigenvalue weighted by molar-refractivity contribution is -0.137. The number of carboxylic acid groups (broad SMARTS) is 1. The van der Waals surface area contributed by atoms with E-state index >= 15 is 0 Å². The Bertz CT molecular complexity index is 857. The Labute approximate surface area is 131 Å². The van der Waals surface area contributed by atoms with E-state index in [2.05, 4.69) is 10.1 Å². The lowest BCUT2D eigenvalue weighted by atomic mass is 10.0. The molecule has 9 heteroatoms. The van der Waals surface area contributed by atoms with Crippen LogP contribution < -0.4 is 0 Å². The molecule has 0 aliphatic heterocycles. The molecule has 23 heavy (non-hydrogen) atoms. The van der Waals surface area contributed by atoms with Crippen LogP contribution in [-0.4, -0.2) is 25.8 Å². The van der Waals surface area contributed by atoms with Gasteiger partial charge in [-0.2, -0.15) is 18.3 Å². The molecular weight excluding hydrogens is 331 g/mol. The second kappa shape index (κ2) is 5.51. The number of aromatic nitrogens is 3. The zero-order chi connectivity index (χ0) is 16.6. The topological polar surface area (TPSA) is 68.0 Å². The Kier molecular flexibility index (Phi) is 3.64. The summed E-state index contributed by atoms with van der Waals surface area (Å²) in [6.07, 6.45) is -3.11. The molecule has 0 bridgehead atoms. The molecular formula is C14H8F3N3O2S. The highest BCUT2D eigenvalue weighted by molar-refractivity contribution is 7.12. The molecule has 0 saturated heterocycles. The summed E-state index contributed by atoms with van der Waals surface area (Å²) in [5, 5.41) is 14.8. The second-order valence-corrected chi connectivity index (χ2v) is 5.36. The van der Waals surface area contributed by atoms with Gasteiger partial charge in [0.15, 0.2) is 5.69 Å². The molecule has 0 fully saturated rings. The third-order valence-corrected chi connectivity index (χ3v) is 3.78. The molecule has 3 aromatic rings. The number of alkyl halides is 3. The highest BCUT2D eigenvalue weighted by Gasteiger charge is 2.34. The standard InChI is InChI=1S/C14H8F3N3O2S/c15-14(16,17)9-4-2-1-3-8(9)11-7-10(12(21)22)19-20(11)13-18-5-6-23-13/h1-7H,(H,21,22). The van der Waals surface area contributed by atoms with Gasteiger partial charge >= 0.3 is 12.1 Å². The van der Waals surface area contributed by atoms with Crippen molar-refractivity contribution >= 4 is 17.3 Å². The van der Waals surface area contributed by atoms with Crippen molar-refractivity contribution in [2.45, 2.75) is 6.18 Å². The van der Waals surface area contributed by atoms with Crippen molar-refractivity contribution in [2.75, 3.05) is 0 Å². The molecule has 0 atom stereocenters. The van der Waals surface area contributed by atoms with E-state index in [1.165, 1.54) is 24.4 Å². The largest absolute Gasteiger partial charge is 0.476 e. The van der Waals surface area contributed by atoms with E-state index in [0.29, 0.717) is 0 Å². The van der Waals surface area contributed by atoms with Crippen LogP contribution in [0.4, 0.5) is 13.2 Å². The van der Waals surface area contributed by atoms with Crippen molar-refractivity contribution in [1.29, 1.82) is 0 Å². The quantitative estimate of drug-likeness (QED) is 0.790. The predicted molar refractivity (Wildman–Crippen MR) is 76.6 cm³/mol. The first kappa shape index (κ1) is 15.2. The molecule has 0 aliphatic carbocycles. The summed E-state index contributed by atoms with van der Waals surface area (Å²) >= 11 is 1.14. The molecule has 0 unspecified atom stereocenters. The van der Waals surface area contributed by atoms with Gasteiger partial charge in [-0.1, -0.05) is 18.2 Å². The van der Waals surface area contributed by atoms with Crippen molar-refractivity contribution in [1.82, 2.24) is 14.8 Å². The van der Waals surface area contributed by atoms with Crippen molar-refractivity contribution in [3.8, 4) is 16.4 Å². The van der Waals surface area contributed by atoms with Crippen LogP contribution >= 0.6 is 11.3 Å². The molecule has 1 N–H and O–H groups in total. The van der Waals surface area contributed by atoms with Crippen molar-refractivity contribution < 1.29 is 23.1 Å². The van der Waals surface area contributed by atoms with Crippen LogP contribution in [0.25, 0.3) is 16.4 Å². The fourth-order valence-corrected chi connectivity index (χ4v) is 2.70. The van der Waals surface area contributed by atoms with E-state index < -0.39 is 17.7 Å². The minimum Gasteiger partial charge on any atom is -0.476 e. The van der Waals surface area contributed by atoms with Gasteiger partial charge < -0.3 is 5.11 Å². The Morgan fingerprint density at radius 1 is 1.26 bits per heavy atom. The minimum absolute atomic E-state index is 0.0188. The van der Waals surface area contributed by atoms with E-state index in [1.54, 1.807) is 5.38 Å². The number of benzene rings is 1. The van der Waals surface area contributed by atoms with Gasteiger partial charge in [-0.25, -0.2) is 14.5 Å². The average Bonchev–Trinajstić information content (AvgIpc) is 3.15. The number of thiazole rings is 1. The monoisotopic (exact) mass is 339 g/mol. The molecule has 3 rings (SSSR count). The van der Waals surface area contributed by atoms with Gasteiger partial charge in [0.25, 0.3) is 0 Å². The van der Waals surface area contributed by atoms with E-state index in [9.17, 15) is 18.0 Å². The fraction of sp³-hybridized carbons (Fsp3) is 0.0714. The molecule has 5 nitrogen and oxygen atoms in total. The first-order valence-electron chi connectivity index (χ1n) is 6.28. The Hall–Kier alpha value is -2.68. The second-order valence-electron chi connectivity index (χ2n) is 4.49. The van der Waals surface area contributed by atoms with E-state index in [4.69, 9.17) is 5.11 Å². The number of hydrogen-bond acceptors (Lipinski definition) is 4. The zero-order valence-electron chi connectivity index (χ0n) is 11.3. The molecule has 0 saturated carbocycles. The summed E-state index contributed by atoms with van der Waals surface area (Å²) in [5.41, 5.74) is -1.36. The van der Waals surface area contributed by atoms with Gasteiger partial charge in [-0.3, -0.25) is 0 Å². The zero-order valence-corrected chi connectivity index (χ0v) is 12.1. The molecule has 2 heterocycles. The van der Waals surface area contributed by atoms with Crippen LogP contribution in [0.1, 0.15) is 16.1 Å². The van der Waals surface area contributed by atoms with Gasteiger partial charge in [0.05, 0.1) is 11.3 Å². The summed E-state index contributed by atoms with van der Waals surface area (Å²) in [4.78, 5) is 15.1. The van der Waals surface area contributed by atoms with Crippen LogP contribution in [0.2, 0.25) is 0 Å². The molecule has 118 valence electrons. The number of carbonyl (C=O) groups is 1. The van der Waals surface area contributed by atoms with Crippen molar-refractivity contribution in [3.05, 3.63) is 53.2 Å². The van der Waals surface area contributed by atoms with Gasteiger partial charge in [0, 0.05) is 17.1 Å². The van der Waals surface area contributed by atoms with Crippen LogP contribution in [-0.2, 0) is 6.18 Å². The Morgan fingerprint density at radius 2 is 2.00 bits per heavy atom. The Morgan fingerprint density at radius 3 is 2.61 bits per heavy atom. The number of halogens is 3. The van der Waals surface area contributed by atoms with Crippen LogP contribution in [0.5, 0.6) is 0 Å². The molecule has 2 aromatic heterocycles. The van der Waals surface area contributed by atoms with Crippen molar-refractivity contribution in [2.24, 2.45) is 0 Å². The summed E-state index contributed by atoms with van der Waals surface area (Å²) < 4.78 is 40.8. The molecule has 0 radical (unpaired) electrons. The minimum atomic E-state index is -4.57. The summed E-state index contributed by atoms with van der Waals surface area (Å²) in [6, 6.07) is 6.04. The third kappa shape index (κ3) is 2.82.